The van der Waals surface area contributed by atoms with Gasteiger partial charge in [-0.2, -0.15) is 0 Å². The zero-order valence-electron chi connectivity index (χ0n) is 10.4. The van der Waals surface area contributed by atoms with Crippen molar-refractivity contribution >= 4 is 52.6 Å². The van der Waals surface area contributed by atoms with E-state index in [2.05, 4.69) is 38.7 Å². The summed E-state index contributed by atoms with van der Waals surface area (Å²) in [6, 6.07) is 10.2. The summed E-state index contributed by atoms with van der Waals surface area (Å²) in [5, 5.41) is 3.18. The fourth-order valence-corrected chi connectivity index (χ4v) is 6.48. The third-order valence-electron chi connectivity index (χ3n) is 3.54. The fraction of sp³-hybridized carbons (Fsp3) is 0.167. The van der Waals surface area contributed by atoms with Gasteiger partial charge in [0.25, 0.3) is 0 Å². The van der Waals surface area contributed by atoms with Gasteiger partial charge in [0, 0.05) is 18.7 Å². The maximum Gasteiger partial charge on any atom is 0.176 e. The zero-order chi connectivity index (χ0) is 13.9. The molecule has 3 heterocycles. The van der Waals surface area contributed by atoms with Crippen LogP contribution in [0.3, 0.4) is 0 Å². The van der Waals surface area contributed by atoms with Crippen molar-refractivity contribution in [3.05, 3.63) is 36.0 Å². The quantitative estimate of drug-likeness (QED) is 0.475. The van der Waals surface area contributed by atoms with E-state index in [9.17, 15) is 0 Å². The Labute approximate surface area is 132 Å². The van der Waals surface area contributed by atoms with Gasteiger partial charge in [0.05, 0.1) is 0 Å². The first-order valence-electron chi connectivity index (χ1n) is 6.17. The molecule has 4 nitrogen and oxygen atoms in total. The Balaban J connectivity index is 1.97. The van der Waals surface area contributed by atoms with Gasteiger partial charge in [-0.15, -0.1) is 12.2 Å². The molecule has 1 unspecified atom stereocenters. The Morgan fingerprint density at radius 3 is 2.75 bits per heavy atom. The van der Waals surface area contributed by atoms with Gasteiger partial charge in [-0.25, -0.2) is 4.98 Å². The number of nitrogens with one attached hydrogen (secondary N) is 1. The highest BCUT2D eigenvalue weighted by atomic mass is 32.9. The van der Waals surface area contributed by atoms with E-state index in [0.717, 1.165) is 36.0 Å². The molecular weight excluding hydrogens is 327 g/mol. The van der Waals surface area contributed by atoms with E-state index < -0.39 is 5.54 Å². The average Bonchev–Trinajstić information content (AvgIpc) is 2.98. The highest BCUT2D eigenvalue weighted by Crippen LogP contribution is 2.58. The predicted octanol–water partition coefficient (Wildman–Crippen LogP) is 2.80. The van der Waals surface area contributed by atoms with E-state index >= 15 is 0 Å². The van der Waals surface area contributed by atoms with Crippen LogP contribution in [0.5, 0.6) is 0 Å². The largest absolute Gasteiger partial charge is 0.323 e. The minimum atomic E-state index is -2.10. The Bertz CT molecular complexity index is 771. The Kier molecular flexibility index (Phi) is 2.76. The van der Waals surface area contributed by atoms with E-state index in [0.29, 0.717) is 4.99 Å². The summed E-state index contributed by atoms with van der Waals surface area (Å²) in [7, 11) is 0. The van der Waals surface area contributed by atoms with Crippen molar-refractivity contribution in [2.24, 2.45) is 0 Å². The molecule has 1 aromatic heterocycles. The van der Waals surface area contributed by atoms with E-state index in [1.807, 2.05) is 18.2 Å². The first-order chi connectivity index (χ1) is 9.58. The SMILES string of the molecule is S=C1NP(=S)(S)N2CCn3c(-c4ccccc4)nc1c32. The molecule has 0 radical (unpaired) electrons. The van der Waals surface area contributed by atoms with Gasteiger partial charge in [0.1, 0.15) is 22.3 Å². The van der Waals surface area contributed by atoms with Crippen molar-refractivity contribution in [2.75, 3.05) is 11.2 Å². The molecule has 2 aliphatic rings. The van der Waals surface area contributed by atoms with Gasteiger partial charge in [-0.05, 0) is 11.8 Å². The number of hydrogen-bond acceptors (Lipinski definition) is 3. The van der Waals surface area contributed by atoms with E-state index in [-0.39, 0.29) is 0 Å². The van der Waals surface area contributed by atoms with E-state index in [1.165, 1.54) is 0 Å². The van der Waals surface area contributed by atoms with E-state index in [4.69, 9.17) is 29.0 Å². The van der Waals surface area contributed by atoms with Gasteiger partial charge >= 0.3 is 0 Å². The minimum absolute atomic E-state index is 0.618. The standard InChI is InChI=1S/C12H11N4PS3/c18-11-9-12-15(6-7-16(12)17(19,20)14-11)10(13-9)8-4-2-1-3-5-8/h1-5H,6-7H2,(H2,14,18,19,20). The number of thiol groups is 1. The van der Waals surface area contributed by atoms with Crippen molar-refractivity contribution in [2.45, 2.75) is 6.54 Å². The number of hydrogen-bond donors (Lipinski definition) is 2. The van der Waals surface area contributed by atoms with Crippen LogP contribution in [0.15, 0.2) is 30.3 Å². The van der Waals surface area contributed by atoms with Crippen LogP contribution in [0.4, 0.5) is 5.82 Å². The maximum atomic E-state index is 5.59. The molecule has 0 spiro atoms. The fourth-order valence-electron chi connectivity index (χ4n) is 2.69. The molecule has 0 fully saturated rings. The lowest BCUT2D eigenvalue weighted by molar-refractivity contribution is 0.802. The summed E-state index contributed by atoms with van der Waals surface area (Å²) in [6.45, 7) is 1.73. The van der Waals surface area contributed by atoms with Crippen LogP contribution in [0, 0.1) is 0 Å². The highest BCUT2D eigenvalue weighted by Gasteiger charge is 2.40. The number of rotatable bonds is 1. The second-order valence-corrected chi connectivity index (χ2v) is 11.1. The molecular formula is C12H11N4PS3. The Hall–Kier alpha value is -0.880. The van der Waals surface area contributed by atoms with Gasteiger partial charge in [-0.1, -0.05) is 42.5 Å². The van der Waals surface area contributed by atoms with Crippen LogP contribution < -0.4 is 9.76 Å². The molecule has 1 atom stereocenters. The third kappa shape index (κ3) is 1.70. The van der Waals surface area contributed by atoms with Crippen molar-refractivity contribution in [1.29, 1.82) is 0 Å². The highest BCUT2D eigenvalue weighted by molar-refractivity contribution is 8.63. The summed E-state index contributed by atoms with van der Waals surface area (Å²) in [4.78, 5) is 5.34. The average molecular weight is 338 g/mol. The second kappa shape index (κ2) is 4.31. The van der Waals surface area contributed by atoms with Crippen molar-refractivity contribution < 1.29 is 0 Å². The van der Waals surface area contributed by atoms with Gasteiger partial charge in [0.15, 0.2) is 5.54 Å². The molecule has 1 aromatic carbocycles. The smallest absolute Gasteiger partial charge is 0.176 e. The molecule has 0 saturated carbocycles. The Morgan fingerprint density at radius 2 is 2.00 bits per heavy atom. The number of nitrogens with zero attached hydrogens (tertiary/aromatic N) is 3. The molecule has 20 heavy (non-hydrogen) atoms. The molecule has 8 heteroatoms. The lowest BCUT2D eigenvalue weighted by atomic mass is 10.2. The number of imidazole rings is 1. The second-order valence-electron chi connectivity index (χ2n) is 4.73. The van der Waals surface area contributed by atoms with Crippen molar-refractivity contribution in [3.8, 4) is 11.4 Å². The van der Waals surface area contributed by atoms with Crippen molar-refractivity contribution in [3.63, 3.8) is 0 Å². The summed E-state index contributed by atoms with van der Waals surface area (Å²) in [5.74, 6) is 1.98. The Morgan fingerprint density at radius 1 is 1.25 bits per heavy atom. The molecule has 2 aromatic rings. The molecule has 0 saturated heterocycles. The zero-order valence-corrected chi connectivity index (χ0v) is 13.8. The van der Waals surface area contributed by atoms with Crippen LogP contribution in [-0.2, 0) is 18.4 Å². The van der Waals surface area contributed by atoms with Crippen LogP contribution in [0.25, 0.3) is 11.4 Å². The molecule has 2 aliphatic heterocycles. The van der Waals surface area contributed by atoms with Gasteiger partial charge < -0.3 is 14.3 Å². The number of benzene rings is 1. The van der Waals surface area contributed by atoms with Gasteiger partial charge in [0.2, 0.25) is 0 Å². The van der Waals surface area contributed by atoms with Crippen LogP contribution in [0.1, 0.15) is 5.69 Å². The lowest BCUT2D eigenvalue weighted by Crippen LogP contribution is -2.33. The molecule has 102 valence electrons. The van der Waals surface area contributed by atoms with Gasteiger partial charge in [-0.3, -0.25) is 0 Å². The third-order valence-corrected chi connectivity index (χ3v) is 7.36. The predicted molar refractivity (Wildman–Crippen MR) is 93.1 cm³/mol. The van der Waals surface area contributed by atoms with Crippen LogP contribution in [-0.4, -0.2) is 21.1 Å². The summed E-state index contributed by atoms with van der Waals surface area (Å²) in [5.41, 5.74) is -0.181. The number of thiocarbonyl (C=S) groups is 1. The molecule has 4 rings (SSSR count). The first kappa shape index (κ1) is 12.8. The monoisotopic (exact) mass is 338 g/mol. The van der Waals surface area contributed by atoms with Crippen LogP contribution >= 0.6 is 30.0 Å². The molecule has 0 bridgehead atoms. The topological polar surface area (TPSA) is 33.1 Å². The van der Waals surface area contributed by atoms with Crippen LogP contribution in [0.2, 0.25) is 0 Å². The molecule has 0 amide bonds. The summed E-state index contributed by atoms with van der Waals surface area (Å²) < 4.78 is 4.35. The minimum Gasteiger partial charge on any atom is -0.323 e. The first-order valence-corrected chi connectivity index (χ1v) is 10.5. The number of aromatic nitrogens is 2. The van der Waals surface area contributed by atoms with Crippen molar-refractivity contribution in [1.82, 2.24) is 14.6 Å². The molecule has 1 N–H and O–H groups in total. The summed E-state index contributed by atoms with van der Waals surface area (Å²) in [6.07, 6.45) is 0. The number of anilines is 1. The maximum absolute atomic E-state index is 5.59. The lowest BCUT2D eigenvalue weighted by Gasteiger charge is -2.34. The van der Waals surface area contributed by atoms with E-state index in [1.54, 1.807) is 0 Å². The summed E-state index contributed by atoms with van der Waals surface area (Å²) >= 11 is 15.6. The molecule has 0 aliphatic carbocycles. The normalized spacial score (nSPS) is 23.6.